The number of rotatable bonds is 7. The Morgan fingerprint density at radius 1 is 1.47 bits per heavy atom. The molecule has 1 aromatic heterocycles. The molecule has 15 heavy (non-hydrogen) atoms. The highest BCUT2D eigenvalue weighted by Gasteiger charge is 2.05. The summed E-state index contributed by atoms with van der Waals surface area (Å²) in [5.41, 5.74) is 0. The Bertz CT molecular complexity index is 273. The van der Waals surface area contributed by atoms with Crippen LogP contribution in [-0.2, 0) is 17.9 Å². The van der Waals surface area contributed by atoms with Crippen molar-refractivity contribution in [2.24, 2.45) is 5.92 Å². The maximum absolute atomic E-state index is 5.17. The predicted octanol–water partition coefficient (Wildman–Crippen LogP) is 1.35. The van der Waals surface area contributed by atoms with Gasteiger partial charge in [-0.25, -0.2) is 0 Å². The molecule has 0 aliphatic heterocycles. The zero-order valence-corrected chi connectivity index (χ0v) is 9.62. The summed E-state index contributed by atoms with van der Waals surface area (Å²) in [5.74, 6) is 1.85. The van der Waals surface area contributed by atoms with Gasteiger partial charge in [0, 0.05) is 6.61 Å². The molecule has 0 bridgehead atoms. The fraction of sp³-hybridized carbons (Fsp3) is 0.800. The summed E-state index contributed by atoms with van der Waals surface area (Å²) in [6.07, 6.45) is 0. The van der Waals surface area contributed by atoms with Gasteiger partial charge in [-0.1, -0.05) is 19.0 Å². The van der Waals surface area contributed by atoms with Crippen LogP contribution < -0.4 is 5.32 Å². The first-order valence-corrected chi connectivity index (χ1v) is 5.32. The Morgan fingerprint density at radius 2 is 2.27 bits per heavy atom. The third-order valence-electron chi connectivity index (χ3n) is 1.77. The first-order valence-electron chi connectivity index (χ1n) is 5.32. The quantitative estimate of drug-likeness (QED) is 0.741. The second-order valence-corrected chi connectivity index (χ2v) is 3.77. The molecule has 0 aromatic carbocycles. The van der Waals surface area contributed by atoms with E-state index in [0.717, 1.165) is 6.54 Å². The van der Waals surface area contributed by atoms with E-state index < -0.39 is 0 Å². The van der Waals surface area contributed by atoms with Crippen LogP contribution in [-0.4, -0.2) is 23.3 Å². The Hall–Kier alpha value is -0.940. The number of ether oxygens (including phenoxy) is 1. The molecule has 0 radical (unpaired) electrons. The van der Waals surface area contributed by atoms with Crippen molar-refractivity contribution < 1.29 is 9.26 Å². The van der Waals surface area contributed by atoms with Gasteiger partial charge >= 0.3 is 0 Å². The zero-order chi connectivity index (χ0) is 11.1. The molecule has 0 spiro atoms. The van der Waals surface area contributed by atoms with E-state index in [4.69, 9.17) is 9.26 Å². The van der Waals surface area contributed by atoms with Crippen molar-refractivity contribution in [3.8, 4) is 0 Å². The standard InChI is InChI=1S/C10H19N3O2/c1-4-14-7-9-12-10(15-13-9)6-11-5-8(2)3/h8,11H,4-7H2,1-3H3. The van der Waals surface area contributed by atoms with E-state index >= 15 is 0 Å². The Kier molecular flexibility index (Phi) is 5.28. The summed E-state index contributed by atoms with van der Waals surface area (Å²) < 4.78 is 10.2. The second kappa shape index (κ2) is 6.53. The van der Waals surface area contributed by atoms with Gasteiger partial charge in [0.25, 0.3) is 0 Å². The van der Waals surface area contributed by atoms with Crippen LogP contribution in [0.3, 0.4) is 0 Å². The molecule has 86 valence electrons. The van der Waals surface area contributed by atoms with Gasteiger partial charge in [0.1, 0.15) is 6.61 Å². The largest absolute Gasteiger partial charge is 0.374 e. The van der Waals surface area contributed by atoms with Crippen molar-refractivity contribution in [3.05, 3.63) is 11.7 Å². The molecule has 1 N–H and O–H groups in total. The molecule has 0 atom stereocenters. The van der Waals surface area contributed by atoms with Crippen molar-refractivity contribution >= 4 is 0 Å². The maximum atomic E-state index is 5.17. The van der Waals surface area contributed by atoms with E-state index in [1.54, 1.807) is 0 Å². The van der Waals surface area contributed by atoms with Crippen molar-refractivity contribution in [1.29, 1.82) is 0 Å². The third kappa shape index (κ3) is 4.90. The summed E-state index contributed by atoms with van der Waals surface area (Å²) in [7, 11) is 0. The number of nitrogens with one attached hydrogen (secondary N) is 1. The molecule has 1 heterocycles. The topological polar surface area (TPSA) is 60.2 Å². The third-order valence-corrected chi connectivity index (χ3v) is 1.77. The molecular formula is C10H19N3O2. The lowest BCUT2D eigenvalue weighted by Gasteiger charge is -2.03. The van der Waals surface area contributed by atoms with Gasteiger partial charge < -0.3 is 14.6 Å². The zero-order valence-electron chi connectivity index (χ0n) is 9.62. The molecule has 1 aromatic rings. The van der Waals surface area contributed by atoms with Crippen LogP contribution in [0.25, 0.3) is 0 Å². The fourth-order valence-electron chi connectivity index (χ4n) is 1.08. The molecule has 5 nitrogen and oxygen atoms in total. The highest BCUT2D eigenvalue weighted by atomic mass is 16.5. The molecule has 0 fully saturated rings. The van der Waals surface area contributed by atoms with E-state index in [-0.39, 0.29) is 0 Å². The lowest BCUT2D eigenvalue weighted by atomic mass is 10.2. The van der Waals surface area contributed by atoms with Crippen LogP contribution in [0, 0.1) is 5.92 Å². The Balaban J connectivity index is 2.26. The normalized spacial score (nSPS) is 11.2. The van der Waals surface area contributed by atoms with Gasteiger partial charge in [0.2, 0.25) is 5.89 Å². The van der Waals surface area contributed by atoms with Gasteiger partial charge in [0.15, 0.2) is 5.82 Å². The summed E-state index contributed by atoms with van der Waals surface area (Å²) in [6.45, 7) is 8.90. The van der Waals surface area contributed by atoms with E-state index in [1.807, 2.05) is 6.92 Å². The molecule has 0 saturated heterocycles. The molecule has 0 amide bonds. The minimum atomic E-state index is 0.421. The van der Waals surface area contributed by atoms with E-state index in [0.29, 0.717) is 37.4 Å². The Morgan fingerprint density at radius 3 is 2.93 bits per heavy atom. The fourth-order valence-corrected chi connectivity index (χ4v) is 1.08. The predicted molar refractivity (Wildman–Crippen MR) is 56.2 cm³/mol. The number of aromatic nitrogens is 2. The van der Waals surface area contributed by atoms with Crippen LogP contribution in [0.15, 0.2) is 4.52 Å². The average molecular weight is 213 g/mol. The van der Waals surface area contributed by atoms with Crippen molar-refractivity contribution in [2.45, 2.75) is 33.9 Å². The first-order chi connectivity index (χ1) is 7.22. The van der Waals surface area contributed by atoms with Crippen LogP contribution in [0.2, 0.25) is 0 Å². The lowest BCUT2D eigenvalue weighted by molar-refractivity contribution is 0.126. The molecule has 0 saturated carbocycles. The van der Waals surface area contributed by atoms with E-state index in [1.165, 1.54) is 0 Å². The van der Waals surface area contributed by atoms with Crippen LogP contribution >= 0.6 is 0 Å². The average Bonchev–Trinajstić information content (AvgIpc) is 2.62. The van der Waals surface area contributed by atoms with Gasteiger partial charge in [-0.05, 0) is 19.4 Å². The number of hydrogen-bond acceptors (Lipinski definition) is 5. The van der Waals surface area contributed by atoms with Gasteiger partial charge in [0.05, 0.1) is 6.54 Å². The SMILES string of the molecule is CCOCc1noc(CNCC(C)C)n1. The maximum Gasteiger partial charge on any atom is 0.240 e. The number of hydrogen-bond donors (Lipinski definition) is 1. The minimum Gasteiger partial charge on any atom is -0.374 e. The summed E-state index contributed by atoms with van der Waals surface area (Å²) in [6, 6.07) is 0. The first kappa shape index (κ1) is 12.1. The molecule has 0 unspecified atom stereocenters. The van der Waals surface area contributed by atoms with Crippen LogP contribution in [0.5, 0.6) is 0 Å². The molecule has 1 rings (SSSR count). The van der Waals surface area contributed by atoms with Crippen molar-refractivity contribution in [2.75, 3.05) is 13.2 Å². The van der Waals surface area contributed by atoms with Crippen LogP contribution in [0.1, 0.15) is 32.5 Å². The van der Waals surface area contributed by atoms with Gasteiger partial charge in [-0.3, -0.25) is 0 Å². The smallest absolute Gasteiger partial charge is 0.240 e. The highest BCUT2D eigenvalue weighted by molar-refractivity contribution is 4.83. The second-order valence-electron chi connectivity index (χ2n) is 3.77. The molecule has 0 aliphatic carbocycles. The highest BCUT2D eigenvalue weighted by Crippen LogP contribution is 1.99. The molecule has 0 aliphatic rings. The Labute approximate surface area is 90.2 Å². The molecular weight excluding hydrogens is 194 g/mol. The monoisotopic (exact) mass is 213 g/mol. The van der Waals surface area contributed by atoms with Gasteiger partial charge in [-0.2, -0.15) is 4.98 Å². The summed E-state index contributed by atoms with van der Waals surface area (Å²) in [4.78, 5) is 4.18. The number of nitrogens with zero attached hydrogens (tertiary/aromatic N) is 2. The van der Waals surface area contributed by atoms with Crippen molar-refractivity contribution in [3.63, 3.8) is 0 Å². The van der Waals surface area contributed by atoms with E-state index in [9.17, 15) is 0 Å². The summed E-state index contributed by atoms with van der Waals surface area (Å²) >= 11 is 0. The minimum absolute atomic E-state index is 0.421. The summed E-state index contributed by atoms with van der Waals surface area (Å²) in [5, 5.41) is 7.03. The van der Waals surface area contributed by atoms with E-state index in [2.05, 4.69) is 29.3 Å². The van der Waals surface area contributed by atoms with Gasteiger partial charge in [-0.15, -0.1) is 0 Å². The molecule has 5 heteroatoms. The van der Waals surface area contributed by atoms with Crippen LogP contribution in [0.4, 0.5) is 0 Å². The lowest BCUT2D eigenvalue weighted by Crippen LogP contribution is -2.19. The van der Waals surface area contributed by atoms with Crippen molar-refractivity contribution in [1.82, 2.24) is 15.5 Å².